The minimum atomic E-state index is 0.247. The minimum absolute atomic E-state index is 0.247. The summed E-state index contributed by atoms with van der Waals surface area (Å²) < 4.78 is 2.20. The van der Waals surface area contributed by atoms with Crippen molar-refractivity contribution >= 4 is 11.3 Å². The van der Waals surface area contributed by atoms with Gasteiger partial charge in [0.25, 0.3) is 0 Å². The molecule has 2 aromatic heterocycles. The fourth-order valence-corrected chi connectivity index (χ4v) is 2.84. The highest BCUT2D eigenvalue weighted by Crippen LogP contribution is 2.22. The van der Waals surface area contributed by atoms with E-state index in [1.165, 1.54) is 5.69 Å². The number of aromatic nitrogens is 3. The topological polar surface area (TPSA) is 42.7 Å². The second-order valence-corrected chi connectivity index (χ2v) is 6.21. The molecule has 5 heteroatoms. The van der Waals surface area contributed by atoms with E-state index in [0.29, 0.717) is 5.92 Å². The second kappa shape index (κ2) is 6.30. The van der Waals surface area contributed by atoms with Crippen LogP contribution in [0.1, 0.15) is 43.2 Å². The molecule has 0 aromatic carbocycles. The number of hydrogen-bond donors (Lipinski definition) is 1. The predicted octanol–water partition coefficient (Wildman–Crippen LogP) is 3.00. The van der Waals surface area contributed by atoms with Crippen molar-refractivity contribution in [3.8, 4) is 0 Å². The Morgan fingerprint density at radius 3 is 2.79 bits per heavy atom. The maximum Gasteiger partial charge on any atom is 0.115 e. The van der Waals surface area contributed by atoms with Gasteiger partial charge in [-0.3, -0.25) is 0 Å². The first-order valence-corrected chi connectivity index (χ1v) is 7.59. The van der Waals surface area contributed by atoms with Gasteiger partial charge in [0.05, 0.1) is 18.1 Å². The number of rotatable bonds is 6. The molecule has 1 unspecified atom stereocenters. The first-order chi connectivity index (χ1) is 9.08. The zero-order valence-electron chi connectivity index (χ0n) is 12.1. The molecule has 4 nitrogen and oxygen atoms in total. The number of thiazole rings is 1. The van der Waals surface area contributed by atoms with Crippen LogP contribution < -0.4 is 5.32 Å². The van der Waals surface area contributed by atoms with Crippen molar-refractivity contribution in [1.29, 1.82) is 0 Å². The Morgan fingerprint density at radius 1 is 1.37 bits per heavy atom. The molecule has 0 aliphatic rings. The predicted molar refractivity (Wildman–Crippen MR) is 79.4 cm³/mol. The molecule has 0 saturated carbocycles. The van der Waals surface area contributed by atoms with Crippen LogP contribution in [-0.2, 0) is 6.54 Å². The van der Waals surface area contributed by atoms with Crippen molar-refractivity contribution in [3.63, 3.8) is 0 Å². The van der Waals surface area contributed by atoms with Crippen LogP contribution in [0, 0.1) is 12.8 Å². The van der Waals surface area contributed by atoms with Crippen LogP contribution in [0.15, 0.2) is 17.9 Å². The number of nitrogens with one attached hydrogen (secondary N) is 1. The van der Waals surface area contributed by atoms with Crippen LogP contribution in [0.4, 0.5) is 0 Å². The number of hydrogen-bond acceptors (Lipinski definition) is 4. The molecule has 0 amide bonds. The van der Waals surface area contributed by atoms with Crippen molar-refractivity contribution in [1.82, 2.24) is 19.9 Å². The van der Waals surface area contributed by atoms with E-state index in [-0.39, 0.29) is 6.04 Å². The van der Waals surface area contributed by atoms with Gasteiger partial charge in [0.1, 0.15) is 5.01 Å². The molecule has 19 heavy (non-hydrogen) atoms. The SMILES string of the molecule is Cc1csc(C(C)n2cncc2CNCC(C)C)n1. The third-order valence-corrected chi connectivity index (χ3v) is 4.15. The fourth-order valence-electron chi connectivity index (χ4n) is 1.99. The lowest BCUT2D eigenvalue weighted by Crippen LogP contribution is -2.21. The molecule has 2 heterocycles. The Morgan fingerprint density at radius 2 is 2.16 bits per heavy atom. The molecule has 0 fully saturated rings. The van der Waals surface area contributed by atoms with Crippen molar-refractivity contribution in [2.75, 3.05) is 6.54 Å². The Bertz CT molecular complexity index is 515. The molecule has 2 aromatic rings. The molecular weight excluding hydrogens is 256 g/mol. The van der Waals surface area contributed by atoms with Gasteiger partial charge in [-0.2, -0.15) is 0 Å². The molecule has 0 saturated heterocycles. The maximum absolute atomic E-state index is 4.57. The summed E-state index contributed by atoms with van der Waals surface area (Å²) in [6.07, 6.45) is 3.83. The highest BCUT2D eigenvalue weighted by atomic mass is 32.1. The zero-order chi connectivity index (χ0) is 13.8. The van der Waals surface area contributed by atoms with Gasteiger partial charge in [0.2, 0.25) is 0 Å². The van der Waals surface area contributed by atoms with Crippen LogP contribution in [0.2, 0.25) is 0 Å². The van der Waals surface area contributed by atoms with Gasteiger partial charge in [0, 0.05) is 23.8 Å². The number of nitrogens with zero attached hydrogens (tertiary/aromatic N) is 3. The lowest BCUT2D eigenvalue weighted by atomic mass is 10.2. The lowest BCUT2D eigenvalue weighted by Gasteiger charge is -2.15. The lowest BCUT2D eigenvalue weighted by molar-refractivity contribution is 0.524. The largest absolute Gasteiger partial charge is 0.324 e. The molecule has 1 atom stereocenters. The quantitative estimate of drug-likeness (QED) is 0.883. The van der Waals surface area contributed by atoms with Crippen LogP contribution in [-0.4, -0.2) is 21.1 Å². The van der Waals surface area contributed by atoms with Gasteiger partial charge in [-0.1, -0.05) is 13.8 Å². The van der Waals surface area contributed by atoms with E-state index in [0.717, 1.165) is 23.8 Å². The van der Waals surface area contributed by atoms with E-state index in [9.17, 15) is 0 Å². The average Bonchev–Trinajstić information content (AvgIpc) is 2.97. The van der Waals surface area contributed by atoms with Crippen LogP contribution in [0.3, 0.4) is 0 Å². The fraction of sp³-hybridized carbons (Fsp3) is 0.571. The molecule has 1 N–H and O–H groups in total. The summed E-state index contributed by atoms with van der Waals surface area (Å²) in [5.74, 6) is 0.662. The standard InChI is InChI=1S/C14H22N4S/c1-10(2)5-15-6-13-7-16-9-18(13)12(4)14-17-11(3)8-19-14/h7-10,12,15H,5-6H2,1-4H3. The summed E-state index contributed by atoms with van der Waals surface area (Å²) in [5, 5.41) is 6.70. The van der Waals surface area contributed by atoms with E-state index in [1.54, 1.807) is 11.3 Å². The second-order valence-electron chi connectivity index (χ2n) is 5.32. The molecule has 104 valence electrons. The number of imidazole rings is 1. The molecule has 0 aliphatic heterocycles. The third-order valence-electron chi connectivity index (χ3n) is 3.02. The van der Waals surface area contributed by atoms with E-state index < -0.39 is 0 Å². The van der Waals surface area contributed by atoms with Gasteiger partial charge < -0.3 is 9.88 Å². The summed E-state index contributed by atoms with van der Waals surface area (Å²) in [6, 6.07) is 0.247. The molecule has 0 bridgehead atoms. The van der Waals surface area contributed by atoms with Gasteiger partial charge >= 0.3 is 0 Å². The van der Waals surface area contributed by atoms with E-state index >= 15 is 0 Å². The van der Waals surface area contributed by atoms with E-state index in [4.69, 9.17) is 0 Å². The van der Waals surface area contributed by atoms with Gasteiger partial charge in [-0.15, -0.1) is 11.3 Å². The Hall–Kier alpha value is -1.20. The summed E-state index contributed by atoms with van der Waals surface area (Å²) in [5.41, 5.74) is 2.30. The van der Waals surface area contributed by atoms with Crippen molar-refractivity contribution < 1.29 is 0 Å². The first-order valence-electron chi connectivity index (χ1n) is 6.71. The molecule has 2 rings (SSSR count). The Balaban J connectivity index is 2.06. The highest BCUT2D eigenvalue weighted by molar-refractivity contribution is 7.09. The molecular formula is C14H22N4S. The molecule has 0 spiro atoms. The van der Waals surface area contributed by atoms with Gasteiger partial charge in [-0.25, -0.2) is 9.97 Å². The van der Waals surface area contributed by atoms with Crippen LogP contribution >= 0.6 is 11.3 Å². The van der Waals surface area contributed by atoms with Crippen molar-refractivity contribution in [2.45, 2.75) is 40.3 Å². The monoisotopic (exact) mass is 278 g/mol. The van der Waals surface area contributed by atoms with E-state index in [1.807, 2.05) is 19.4 Å². The smallest absolute Gasteiger partial charge is 0.115 e. The normalized spacial score (nSPS) is 13.1. The molecule has 0 radical (unpaired) electrons. The Labute approximate surface area is 118 Å². The van der Waals surface area contributed by atoms with Crippen LogP contribution in [0.5, 0.6) is 0 Å². The summed E-state index contributed by atoms with van der Waals surface area (Å²) >= 11 is 1.71. The number of aryl methyl sites for hydroxylation is 1. The molecule has 0 aliphatic carbocycles. The summed E-state index contributed by atoms with van der Waals surface area (Å²) in [6.45, 7) is 10.5. The summed E-state index contributed by atoms with van der Waals surface area (Å²) in [7, 11) is 0. The van der Waals surface area contributed by atoms with Crippen molar-refractivity contribution in [2.24, 2.45) is 5.92 Å². The zero-order valence-corrected chi connectivity index (χ0v) is 12.9. The van der Waals surface area contributed by atoms with Crippen molar-refractivity contribution in [3.05, 3.63) is 34.3 Å². The highest BCUT2D eigenvalue weighted by Gasteiger charge is 2.14. The third kappa shape index (κ3) is 3.64. The summed E-state index contributed by atoms with van der Waals surface area (Å²) in [4.78, 5) is 8.84. The maximum atomic E-state index is 4.57. The average molecular weight is 278 g/mol. The van der Waals surface area contributed by atoms with Crippen LogP contribution in [0.25, 0.3) is 0 Å². The Kier molecular flexibility index (Phi) is 4.71. The van der Waals surface area contributed by atoms with Gasteiger partial charge in [-0.05, 0) is 26.3 Å². The first kappa shape index (κ1) is 14.2. The minimum Gasteiger partial charge on any atom is -0.324 e. The van der Waals surface area contributed by atoms with Gasteiger partial charge in [0.15, 0.2) is 0 Å². The van der Waals surface area contributed by atoms with E-state index in [2.05, 4.69) is 46.0 Å².